The van der Waals surface area contributed by atoms with Gasteiger partial charge in [0.05, 0.1) is 36.5 Å². The van der Waals surface area contributed by atoms with Gasteiger partial charge in [0, 0.05) is 13.1 Å². The van der Waals surface area contributed by atoms with Crippen molar-refractivity contribution in [3.05, 3.63) is 53.1 Å². The lowest BCUT2D eigenvalue weighted by Crippen LogP contribution is -2.40. The molecule has 1 heterocycles. The highest BCUT2D eigenvalue weighted by Crippen LogP contribution is 2.27. The van der Waals surface area contributed by atoms with Gasteiger partial charge in [-0.25, -0.2) is 8.42 Å². The number of amides is 1. The van der Waals surface area contributed by atoms with Crippen LogP contribution in [0.1, 0.15) is 21.5 Å². The third kappa shape index (κ3) is 4.13. The van der Waals surface area contributed by atoms with Crippen LogP contribution in [0.4, 0.5) is 5.69 Å². The molecular weight excluding hydrogens is 380 g/mol. The van der Waals surface area contributed by atoms with Crippen molar-refractivity contribution in [3.63, 3.8) is 0 Å². The number of benzene rings is 2. The zero-order valence-electron chi connectivity index (χ0n) is 16.2. The van der Waals surface area contributed by atoms with Crippen LogP contribution >= 0.6 is 0 Å². The van der Waals surface area contributed by atoms with Gasteiger partial charge in [0.2, 0.25) is 0 Å². The van der Waals surface area contributed by atoms with Crippen LogP contribution in [0, 0.1) is 13.8 Å². The van der Waals surface area contributed by atoms with Crippen LogP contribution in [0.2, 0.25) is 0 Å². The first-order chi connectivity index (χ1) is 13.3. The maximum atomic E-state index is 13.0. The number of carbonyl (C=O) groups excluding carboxylic acids is 1. The topological polar surface area (TPSA) is 84.9 Å². The summed E-state index contributed by atoms with van der Waals surface area (Å²) in [6.07, 6.45) is 0. The molecule has 1 N–H and O–H groups in total. The molecule has 0 radical (unpaired) electrons. The first-order valence-electron chi connectivity index (χ1n) is 8.97. The third-order valence-corrected chi connectivity index (χ3v) is 6.07. The quantitative estimate of drug-likeness (QED) is 0.828. The minimum absolute atomic E-state index is 0.00700. The highest BCUT2D eigenvalue weighted by atomic mass is 32.2. The van der Waals surface area contributed by atoms with Gasteiger partial charge in [0.1, 0.15) is 5.75 Å². The molecule has 1 aliphatic rings. The van der Waals surface area contributed by atoms with E-state index < -0.39 is 10.0 Å². The van der Waals surface area contributed by atoms with E-state index in [-0.39, 0.29) is 16.4 Å². The van der Waals surface area contributed by atoms with E-state index in [1.165, 1.54) is 25.3 Å². The monoisotopic (exact) mass is 404 g/mol. The largest absolute Gasteiger partial charge is 0.496 e. The number of anilines is 1. The zero-order valence-corrected chi connectivity index (χ0v) is 17.0. The van der Waals surface area contributed by atoms with Crippen molar-refractivity contribution in [2.75, 3.05) is 38.1 Å². The lowest BCUT2D eigenvalue weighted by Gasteiger charge is -2.27. The van der Waals surface area contributed by atoms with Crippen molar-refractivity contribution in [3.8, 4) is 5.75 Å². The molecule has 0 bridgehead atoms. The van der Waals surface area contributed by atoms with E-state index in [1.54, 1.807) is 4.90 Å². The van der Waals surface area contributed by atoms with Gasteiger partial charge in [0.15, 0.2) is 0 Å². The van der Waals surface area contributed by atoms with E-state index in [0.29, 0.717) is 37.7 Å². The molecule has 0 aromatic heterocycles. The number of sulfonamides is 1. The van der Waals surface area contributed by atoms with Crippen LogP contribution < -0.4 is 9.46 Å². The Labute approximate surface area is 165 Å². The summed E-state index contributed by atoms with van der Waals surface area (Å²) in [7, 11) is -2.42. The highest BCUT2D eigenvalue weighted by Gasteiger charge is 2.25. The molecular formula is C20H24N2O5S. The fourth-order valence-corrected chi connectivity index (χ4v) is 4.36. The molecule has 0 aliphatic carbocycles. The number of carbonyl (C=O) groups is 1. The molecule has 2 aromatic carbocycles. The smallest absolute Gasteiger partial charge is 0.261 e. The Kier molecular flexibility index (Phi) is 5.90. The van der Waals surface area contributed by atoms with Gasteiger partial charge in [-0.15, -0.1) is 0 Å². The number of nitrogens with one attached hydrogen (secondary N) is 1. The zero-order chi connectivity index (χ0) is 20.3. The molecule has 0 atom stereocenters. The van der Waals surface area contributed by atoms with Crippen molar-refractivity contribution in [1.29, 1.82) is 0 Å². The standard InChI is InChI=1S/C20H24N2O5S/c1-14-5-4-6-15(2)19(14)21-28(24,25)16-7-8-18(26-3)17(13-16)20(23)22-9-11-27-12-10-22/h4-8,13,21H,9-12H2,1-3H3. The summed E-state index contributed by atoms with van der Waals surface area (Å²) in [6, 6.07) is 9.86. The molecule has 1 amide bonds. The Bertz CT molecular complexity index is 962. The Morgan fingerprint density at radius 2 is 1.75 bits per heavy atom. The summed E-state index contributed by atoms with van der Waals surface area (Å²) in [6.45, 7) is 5.51. The molecule has 1 aliphatic heterocycles. The minimum Gasteiger partial charge on any atom is -0.496 e. The fraction of sp³-hybridized carbons (Fsp3) is 0.350. The predicted octanol–water partition coefficient (Wildman–Crippen LogP) is 2.59. The van der Waals surface area contributed by atoms with Gasteiger partial charge in [-0.05, 0) is 43.2 Å². The molecule has 0 unspecified atom stereocenters. The molecule has 8 heteroatoms. The van der Waals surface area contributed by atoms with Crippen molar-refractivity contribution >= 4 is 21.6 Å². The fourth-order valence-electron chi connectivity index (χ4n) is 3.13. The van der Waals surface area contributed by atoms with Crippen molar-refractivity contribution in [2.24, 2.45) is 0 Å². The molecule has 3 rings (SSSR count). The number of hydrogen-bond donors (Lipinski definition) is 1. The molecule has 0 saturated carbocycles. The lowest BCUT2D eigenvalue weighted by molar-refractivity contribution is 0.0300. The van der Waals surface area contributed by atoms with Crippen LogP contribution in [0.15, 0.2) is 41.3 Å². The number of para-hydroxylation sites is 1. The van der Waals surface area contributed by atoms with E-state index in [4.69, 9.17) is 9.47 Å². The number of nitrogens with zero attached hydrogens (tertiary/aromatic N) is 1. The molecule has 1 fully saturated rings. The van der Waals surface area contributed by atoms with E-state index >= 15 is 0 Å². The molecule has 0 spiro atoms. The Balaban J connectivity index is 1.96. The van der Waals surface area contributed by atoms with Crippen LogP contribution in [0.25, 0.3) is 0 Å². The summed E-state index contributed by atoms with van der Waals surface area (Å²) < 4.78 is 39.1. The maximum Gasteiger partial charge on any atom is 0.261 e. The number of methoxy groups -OCH3 is 1. The summed E-state index contributed by atoms with van der Waals surface area (Å²) >= 11 is 0. The molecule has 7 nitrogen and oxygen atoms in total. The van der Waals surface area contributed by atoms with Crippen molar-refractivity contribution in [1.82, 2.24) is 4.90 Å². The maximum absolute atomic E-state index is 13.0. The van der Waals surface area contributed by atoms with E-state index in [2.05, 4.69) is 4.72 Å². The second-order valence-electron chi connectivity index (χ2n) is 6.64. The van der Waals surface area contributed by atoms with Crippen LogP contribution in [-0.2, 0) is 14.8 Å². The highest BCUT2D eigenvalue weighted by molar-refractivity contribution is 7.92. The van der Waals surface area contributed by atoms with E-state index in [1.807, 2.05) is 32.0 Å². The minimum atomic E-state index is -3.87. The average molecular weight is 404 g/mol. The van der Waals surface area contributed by atoms with Gasteiger partial charge in [0.25, 0.3) is 15.9 Å². The van der Waals surface area contributed by atoms with Crippen molar-refractivity contribution < 1.29 is 22.7 Å². The second-order valence-corrected chi connectivity index (χ2v) is 8.32. The van der Waals surface area contributed by atoms with Gasteiger partial charge >= 0.3 is 0 Å². The van der Waals surface area contributed by atoms with E-state index in [9.17, 15) is 13.2 Å². The van der Waals surface area contributed by atoms with Crippen molar-refractivity contribution in [2.45, 2.75) is 18.7 Å². The first kappa shape index (κ1) is 20.2. The number of rotatable bonds is 5. The summed E-state index contributed by atoms with van der Waals surface area (Å²) in [4.78, 5) is 14.5. The Morgan fingerprint density at radius 3 is 2.36 bits per heavy atom. The number of ether oxygens (including phenoxy) is 2. The van der Waals surface area contributed by atoms with E-state index in [0.717, 1.165) is 11.1 Å². The number of aryl methyl sites for hydroxylation is 2. The third-order valence-electron chi connectivity index (χ3n) is 4.73. The normalized spacial score (nSPS) is 14.6. The molecule has 28 heavy (non-hydrogen) atoms. The number of hydrogen-bond acceptors (Lipinski definition) is 5. The Morgan fingerprint density at radius 1 is 1.11 bits per heavy atom. The van der Waals surface area contributed by atoms with Gasteiger partial charge in [-0.1, -0.05) is 18.2 Å². The first-order valence-corrected chi connectivity index (χ1v) is 10.5. The predicted molar refractivity (Wildman–Crippen MR) is 106 cm³/mol. The lowest BCUT2D eigenvalue weighted by atomic mass is 10.1. The van der Waals surface area contributed by atoms with Crippen LogP contribution in [-0.4, -0.2) is 52.6 Å². The average Bonchev–Trinajstić information content (AvgIpc) is 2.70. The van der Waals surface area contributed by atoms with Crippen LogP contribution in [0.3, 0.4) is 0 Å². The van der Waals surface area contributed by atoms with Gasteiger partial charge < -0.3 is 14.4 Å². The Hall–Kier alpha value is -2.58. The van der Waals surface area contributed by atoms with Gasteiger partial charge in [-0.3, -0.25) is 9.52 Å². The SMILES string of the molecule is COc1ccc(S(=O)(=O)Nc2c(C)cccc2C)cc1C(=O)N1CCOCC1. The molecule has 150 valence electrons. The molecule has 1 saturated heterocycles. The summed E-state index contributed by atoms with van der Waals surface area (Å²) in [5, 5.41) is 0. The second kappa shape index (κ2) is 8.20. The summed E-state index contributed by atoms with van der Waals surface area (Å²) in [5.41, 5.74) is 2.40. The molecule has 2 aromatic rings. The number of morpholine rings is 1. The summed E-state index contributed by atoms with van der Waals surface area (Å²) in [5.74, 6) is 0.0618. The van der Waals surface area contributed by atoms with Crippen LogP contribution in [0.5, 0.6) is 5.75 Å². The van der Waals surface area contributed by atoms with Gasteiger partial charge in [-0.2, -0.15) is 0 Å².